The molecule has 1 N–H and O–H groups in total. The van der Waals surface area contributed by atoms with Gasteiger partial charge in [-0.3, -0.25) is 4.79 Å². The topological polar surface area (TPSA) is 54.6 Å². The highest BCUT2D eigenvalue weighted by atomic mass is 32.2. The lowest BCUT2D eigenvalue weighted by Crippen LogP contribution is -2.05. The SMILES string of the molecule is Cc1ccc2nc(CSC(C)CC(=O)O)cn2c1. The smallest absolute Gasteiger partial charge is 0.304 e. The number of aliphatic carboxylic acids is 1. The Morgan fingerprint density at radius 2 is 2.28 bits per heavy atom. The van der Waals surface area contributed by atoms with Crippen molar-refractivity contribution in [1.29, 1.82) is 0 Å². The molecule has 0 aromatic carbocycles. The van der Waals surface area contributed by atoms with Gasteiger partial charge in [0.25, 0.3) is 0 Å². The van der Waals surface area contributed by atoms with Crippen molar-refractivity contribution in [2.75, 3.05) is 0 Å². The fraction of sp³-hybridized carbons (Fsp3) is 0.385. The van der Waals surface area contributed by atoms with Crippen molar-refractivity contribution >= 4 is 23.4 Å². The molecule has 0 aliphatic rings. The van der Waals surface area contributed by atoms with Crippen LogP contribution in [0.2, 0.25) is 0 Å². The van der Waals surface area contributed by atoms with Crippen LogP contribution in [0.4, 0.5) is 0 Å². The van der Waals surface area contributed by atoms with E-state index >= 15 is 0 Å². The summed E-state index contributed by atoms with van der Waals surface area (Å²) in [6, 6.07) is 4.02. The minimum absolute atomic E-state index is 0.106. The molecule has 2 rings (SSSR count). The molecule has 0 radical (unpaired) electrons. The first-order valence-corrected chi connectivity index (χ1v) is 6.87. The Morgan fingerprint density at radius 1 is 1.50 bits per heavy atom. The molecule has 18 heavy (non-hydrogen) atoms. The zero-order chi connectivity index (χ0) is 13.1. The summed E-state index contributed by atoms with van der Waals surface area (Å²) in [6.45, 7) is 3.97. The summed E-state index contributed by atoms with van der Waals surface area (Å²) in [6.07, 6.45) is 4.23. The van der Waals surface area contributed by atoms with Crippen LogP contribution in [0.3, 0.4) is 0 Å². The monoisotopic (exact) mass is 264 g/mol. The number of carboxylic acids is 1. The predicted molar refractivity (Wildman–Crippen MR) is 72.9 cm³/mol. The van der Waals surface area contributed by atoms with Gasteiger partial charge in [0.05, 0.1) is 12.1 Å². The second-order valence-corrected chi connectivity index (χ2v) is 5.85. The lowest BCUT2D eigenvalue weighted by Gasteiger charge is -2.05. The van der Waals surface area contributed by atoms with Gasteiger partial charge >= 0.3 is 5.97 Å². The van der Waals surface area contributed by atoms with E-state index in [1.54, 1.807) is 11.8 Å². The lowest BCUT2D eigenvalue weighted by atomic mass is 10.3. The Hall–Kier alpha value is -1.49. The van der Waals surface area contributed by atoms with Crippen LogP contribution in [-0.2, 0) is 10.5 Å². The molecule has 0 spiro atoms. The molecule has 0 saturated heterocycles. The van der Waals surface area contributed by atoms with Crippen LogP contribution in [0.5, 0.6) is 0 Å². The van der Waals surface area contributed by atoms with Crippen LogP contribution >= 0.6 is 11.8 Å². The second kappa shape index (κ2) is 5.44. The molecule has 0 aliphatic heterocycles. The van der Waals surface area contributed by atoms with Crippen molar-refractivity contribution < 1.29 is 9.90 Å². The average molecular weight is 264 g/mol. The number of nitrogens with zero attached hydrogens (tertiary/aromatic N) is 2. The van der Waals surface area contributed by atoms with E-state index < -0.39 is 5.97 Å². The number of rotatable bonds is 5. The Bertz CT molecular complexity index is 565. The van der Waals surface area contributed by atoms with E-state index in [0.717, 1.165) is 17.1 Å². The standard InChI is InChI=1S/C13H16N2O2S/c1-9-3-4-12-14-11(7-15(12)6-9)8-18-10(2)5-13(16)17/h3-4,6-7,10H,5,8H2,1-2H3,(H,16,17). The highest BCUT2D eigenvalue weighted by Crippen LogP contribution is 2.20. The maximum absolute atomic E-state index is 10.6. The summed E-state index contributed by atoms with van der Waals surface area (Å²) >= 11 is 1.62. The summed E-state index contributed by atoms with van der Waals surface area (Å²) in [4.78, 5) is 15.1. The minimum atomic E-state index is -0.749. The predicted octanol–water partition coefficient (Wildman–Crippen LogP) is 2.74. The zero-order valence-electron chi connectivity index (χ0n) is 10.5. The number of carboxylic acid groups (broad SMARTS) is 1. The van der Waals surface area contributed by atoms with Crippen LogP contribution in [0.15, 0.2) is 24.5 Å². The molecule has 2 aromatic heterocycles. The normalized spacial score (nSPS) is 12.8. The highest BCUT2D eigenvalue weighted by Gasteiger charge is 2.09. The first-order chi connectivity index (χ1) is 8.54. The first kappa shape index (κ1) is 13.0. The molecule has 2 aromatic rings. The van der Waals surface area contributed by atoms with Crippen LogP contribution < -0.4 is 0 Å². The molecule has 0 aliphatic carbocycles. The number of aryl methyl sites for hydroxylation is 1. The number of aromatic nitrogens is 2. The molecule has 0 amide bonds. The van der Waals surface area contributed by atoms with Gasteiger partial charge in [-0.1, -0.05) is 13.0 Å². The summed E-state index contributed by atoms with van der Waals surface area (Å²) in [5.74, 6) is -0.00421. The Morgan fingerprint density at radius 3 is 3.00 bits per heavy atom. The summed E-state index contributed by atoms with van der Waals surface area (Å²) in [5.41, 5.74) is 3.11. The molecule has 0 saturated carbocycles. The van der Waals surface area contributed by atoms with E-state index in [1.807, 2.05) is 42.8 Å². The fourth-order valence-corrected chi connectivity index (χ4v) is 2.61. The molecule has 96 valence electrons. The molecular weight excluding hydrogens is 248 g/mol. The molecule has 5 heteroatoms. The van der Waals surface area contributed by atoms with E-state index in [9.17, 15) is 4.79 Å². The number of pyridine rings is 1. The molecule has 1 unspecified atom stereocenters. The van der Waals surface area contributed by atoms with Gasteiger partial charge in [0.15, 0.2) is 0 Å². The third-order valence-corrected chi connectivity index (χ3v) is 3.82. The third-order valence-electron chi connectivity index (χ3n) is 2.63. The number of hydrogen-bond donors (Lipinski definition) is 1. The lowest BCUT2D eigenvalue weighted by molar-refractivity contribution is -0.136. The van der Waals surface area contributed by atoms with Crippen molar-refractivity contribution in [3.63, 3.8) is 0 Å². The van der Waals surface area contributed by atoms with Crippen molar-refractivity contribution in [2.24, 2.45) is 0 Å². The Labute approximate surface area is 110 Å². The quantitative estimate of drug-likeness (QED) is 0.902. The van der Waals surface area contributed by atoms with Gasteiger partial charge in [-0.25, -0.2) is 4.98 Å². The van der Waals surface area contributed by atoms with Gasteiger partial charge < -0.3 is 9.51 Å². The molecule has 4 nitrogen and oxygen atoms in total. The minimum Gasteiger partial charge on any atom is -0.481 e. The zero-order valence-corrected chi connectivity index (χ0v) is 11.3. The van der Waals surface area contributed by atoms with Gasteiger partial charge in [0, 0.05) is 23.4 Å². The van der Waals surface area contributed by atoms with Crippen LogP contribution in [-0.4, -0.2) is 25.7 Å². The van der Waals surface area contributed by atoms with Gasteiger partial charge in [0.1, 0.15) is 5.65 Å². The third kappa shape index (κ3) is 3.26. The first-order valence-electron chi connectivity index (χ1n) is 5.82. The van der Waals surface area contributed by atoms with Crippen LogP contribution in [0.25, 0.3) is 5.65 Å². The fourth-order valence-electron chi connectivity index (χ4n) is 1.76. The molecule has 0 fully saturated rings. The van der Waals surface area contributed by atoms with Gasteiger partial charge in [-0.05, 0) is 18.6 Å². The van der Waals surface area contributed by atoms with E-state index in [2.05, 4.69) is 4.98 Å². The molecule has 0 bridgehead atoms. The number of thioether (sulfide) groups is 1. The molecule has 2 heterocycles. The maximum atomic E-state index is 10.6. The number of hydrogen-bond acceptors (Lipinski definition) is 3. The number of carbonyl (C=O) groups is 1. The Kier molecular flexibility index (Phi) is 3.91. The summed E-state index contributed by atoms with van der Waals surface area (Å²) < 4.78 is 2.01. The van der Waals surface area contributed by atoms with E-state index in [-0.39, 0.29) is 11.7 Å². The van der Waals surface area contributed by atoms with Crippen molar-refractivity contribution in [1.82, 2.24) is 9.38 Å². The second-order valence-electron chi connectivity index (χ2n) is 4.42. The Balaban J connectivity index is 2.01. The number of imidazole rings is 1. The van der Waals surface area contributed by atoms with E-state index in [1.165, 1.54) is 5.56 Å². The van der Waals surface area contributed by atoms with E-state index in [0.29, 0.717) is 0 Å². The maximum Gasteiger partial charge on any atom is 0.304 e. The summed E-state index contributed by atoms with van der Waals surface area (Å²) in [5, 5.41) is 8.80. The largest absolute Gasteiger partial charge is 0.481 e. The molecular formula is C13H16N2O2S. The summed E-state index contributed by atoms with van der Waals surface area (Å²) in [7, 11) is 0. The van der Waals surface area contributed by atoms with Crippen LogP contribution in [0.1, 0.15) is 24.6 Å². The van der Waals surface area contributed by atoms with Crippen LogP contribution in [0, 0.1) is 6.92 Å². The van der Waals surface area contributed by atoms with Crippen molar-refractivity contribution in [2.45, 2.75) is 31.3 Å². The van der Waals surface area contributed by atoms with Crippen molar-refractivity contribution in [3.05, 3.63) is 35.8 Å². The van der Waals surface area contributed by atoms with Gasteiger partial charge in [-0.2, -0.15) is 11.8 Å². The number of fused-ring (bicyclic) bond motifs is 1. The molecule has 1 atom stereocenters. The van der Waals surface area contributed by atoms with E-state index in [4.69, 9.17) is 5.11 Å². The average Bonchev–Trinajstić information content (AvgIpc) is 2.67. The van der Waals surface area contributed by atoms with Gasteiger partial charge in [-0.15, -0.1) is 0 Å². The van der Waals surface area contributed by atoms with Gasteiger partial charge in [0.2, 0.25) is 0 Å². The van der Waals surface area contributed by atoms with Crippen molar-refractivity contribution in [3.8, 4) is 0 Å². The highest BCUT2D eigenvalue weighted by molar-refractivity contribution is 7.99.